The molecule has 10 heteroatoms. The predicted molar refractivity (Wildman–Crippen MR) is 101 cm³/mol. The van der Waals surface area contributed by atoms with E-state index < -0.39 is 10.0 Å². The Balaban J connectivity index is 1.78. The third-order valence-electron chi connectivity index (χ3n) is 5.05. The fourth-order valence-electron chi connectivity index (χ4n) is 3.72. The van der Waals surface area contributed by atoms with Crippen molar-refractivity contribution in [3.63, 3.8) is 0 Å². The molecule has 0 saturated carbocycles. The van der Waals surface area contributed by atoms with Crippen molar-refractivity contribution in [2.75, 3.05) is 43.1 Å². The molecule has 2 aliphatic rings. The molecule has 0 aliphatic carbocycles. The van der Waals surface area contributed by atoms with Crippen LogP contribution >= 0.6 is 0 Å². The lowest BCUT2D eigenvalue weighted by molar-refractivity contribution is 0.495. The maximum absolute atomic E-state index is 11.8. The topological polar surface area (TPSA) is 123 Å². The molecular formula is C16H23N7O2S. The zero-order valence-corrected chi connectivity index (χ0v) is 15.5. The lowest BCUT2D eigenvalue weighted by Gasteiger charge is -2.32. The van der Waals surface area contributed by atoms with Crippen LogP contribution in [-0.2, 0) is 10.0 Å². The number of anilines is 2. The third-order valence-corrected chi connectivity index (χ3v) is 6.26. The normalized spacial score (nSPS) is 22.2. The molecule has 0 radical (unpaired) electrons. The molecule has 140 valence electrons. The van der Waals surface area contributed by atoms with Gasteiger partial charge in [-0.1, -0.05) is 6.08 Å². The number of nitrogens with two attached hydrogens (primary N) is 2. The van der Waals surface area contributed by atoms with Gasteiger partial charge in [-0.25, -0.2) is 17.9 Å². The van der Waals surface area contributed by atoms with E-state index >= 15 is 0 Å². The van der Waals surface area contributed by atoms with Crippen LogP contribution in [0.15, 0.2) is 18.5 Å². The Morgan fingerprint density at radius 1 is 1.35 bits per heavy atom. The quantitative estimate of drug-likeness (QED) is 0.765. The first-order valence-corrected chi connectivity index (χ1v) is 10.5. The lowest BCUT2D eigenvalue weighted by Crippen LogP contribution is -2.42. The minimum atomic E-state index is -3.24. The monoisotopic (exact) mass is 377 g/mol. The maximum atomic E-state index is 11.8. The summed E-state index contributed by atoms with van der Waals surface area (Å²) in [5.74, 6) is 0.402. The van der Waals surface area contributed by atoms with Gasteiger partial charge in [0.05, 0.1) is 17.6 Å². The number of fused-ring (bicyclic) bond motifs is 1. The van der Waals surface area contributed by atoms with Gasteiger partial charge in [0, 0.05) is 32.2 Å². The van der Waals surface area contributed by atoms with Crippen LogP contribution < -0.4 is 16.4 Å². The number of nitrogens with zero attached hydrogens (tertiary/aromatic N) is 5. The van der Waals surface area contributed by atoms with Gasteiger partial charge < -0.3 is 16.4 Å². The van der Waals surface area contributed by atoms with Crippen molar-refractivity contribution in [2.45, 2.75) is 18.9 Å². The van der Waals surface area contributed by atoms with E-state index in [1.54, 1.807) is 4.52 Å². The highest BCUT2D eigenvalue weighted by Gasteiger charge is 2.28. The van der Waals surface area contributed by atoms with Crippen molar-refractivity contribution in [3.8, 4) is 0 Å². The Morgan fingerprint density at radius 3 is 2.85 bits per heavy atom. The molecule has 9 nitrogen and oxygen atoms in total. The van der Waals surface area contributed by atoms with E-state index in [2.05, 4.69) is 15.0 Å². The van der Waals surface area contributed by atoms with Crippen molar-refractivity contribution in [1.82, 2.24) is 18.9 Å². The van der Waals surface area contributed by atoms with Crippen LogP contribution in [0.25, 0.3) is 11.1 Å². The van der Waals surface area contributed by atoms with E-state index in [9.17, 15) is 8.42 Å². The first-order chi connectivity index (χ1) is 12.3. The zero-order chi connectivity index (χ0) is 18.5. The molecule has 2 aromatic rings. The van der Waals surface area contributed by atoms with Crippen LogP contribution in [0.4, 0.5) is 11.5 Å². The highest BCUT2D eigenvalue weighted by Crippen LogP contribution is 2.34. The Morgan fingerprint density at radius 2 is 2.15 bits per heavy atom. The minimum absolute atomic E-state index is 0.124. The van der Waals surface area contributed by atoms with Crippen molar-refractivity contribution < 1.29 is 8.42 Å². The SMILES string of the molecule is CS(=O)(=O)N1CC=C(c2cc(N3CCC[C@@H](N)C3)c3c(N)ncnn23)C1. The highest BCUT2D eigenvalue weighted by atomic mass is 32.2. The number of nitrogen functional groups attached to an aromatic ring is 1. The summed E-state index contributed by atoms with van der Waals surface area (Å²) in [5.41, 5.74) is 15.7. The standard InChI is InChI=1S/C16H23N7O2S/c1-26(24,25)22-6-4-11(8-22)13-7-14(21-5-2-3-12(17)9-21)15-16(18)19-10-20-23(13)15/h4,7,10,12H,2-3,5-6,8-9,17H2,1H3,(H2,18,19,20)/t12-/m1/s1. The number of piperidine rings is 1. The van der Waals surface area contributed by atoms with Crippen molar-refractivity contribution in [1.29, 1.82) is 0 Å². The summed E-state index contributed by atoms with van der Waals surface area (Å²) in [6.45, 7) is 2.34. The van der Waals surface area contributed by atoms with Gasteiger partial charge in [-0.3, -0.25) is 0 Å². The van der Waals surface area contributed by atoms with E-state index in [1.165, 1.54) is 16.9 Å². The average molecular weight is 377 g/mol. The van der Waals surface area contributed by atoms with Crippen LogP contribution in [-0.4, -0.2) is 65.8 Å². The summed E-state index contributed by atoms with van der Waals surface area (Å²) >= 11 is 0. The molecule has 1 fully saturated rings. The Hall–Kier alpha value is -2.17. The van der Waals surface area contributed by atoms with Crippen LogP contribution in [0.2, 0.25) is 0 Å². The summed E-state index contributed by atoms with van der Waals surface area (Å²) in [7, 11) is -3.24. The Bertz CT molecular complexity index is 982. The van der Waals surface area contributed by atoms with Crippen molar-refractivity contribution in [3.05, 3.63) is 24.2 Å². The summed E-state index contributed by atoms with van der Waals surface area (Å²) in [5, 5.41) is 4.37. The molecule has 4 rings (SSSR count). The van der Waals surface area contributed by atoms with Crippen LogP contribution in [0.3, 0.4) is 0 Å². The van der Waals surface area contributed by atoms with Gasteiger partial charge in [-0.05, 0) is 24.5 Å². The Labute approximate surface area is 152 Å². The van der Waals surface area contributed by atoms with Crippen LogP contribution in [0, 0.1) is 0 Å². The summed E-state index contributed by atoms with van der Waals surface area (Å²) < 4.78 is 26.9. The zero-order valence-electron chi connectivity index (χ0n) is 14.7. The van der Waals surface area contributed by atoms with Gasteiger partial charge in [-0.2, -0.15) is 9.40 Å². The molecular weight excluding hydrogens is 354 g/mol. The predicted octanol–water partition coefficient (Wildman–Crippen LogP) is -0.102. The molecule has 4 heterocycles. The number of hydrogen-bond acceptors (Lipinski definition) is 7. The fourth-order valence-corrected chi connectivity index (χ4v) is 4.44. The molecule has 2 aromatic heterocycles. The fraction of sp³-hybridized carbons (Fsp3) is 0.500. The largest absolute Gasteiger partial charge is 0.382 e. The van der Waals surface area contributed by atoms with E-state index in [1.807, 2.05) is 12.1 Å². The van der Waals surface area contributed by atoms with Gasteiger partial charge >= 0.3 is 0 Å². The van der Waals surface area contributed by atoms with Crippen LogP contribution in [0.1, 0.15) is 18.5 Å². The number of sulfonamides is 1. The molecule has 0 bridgehead atoms. The second kappa shape index (κ2) is 6.22. The molecule has 0 amide bonds. The first-order valence-electron chi connectivity index (χ1n) is 8.62. The second-order valence-corrected chi connectivity index (χ2v) is 8.94. The van der Waals surface area contributed by atoms with Crippen molar-refractivity contribution >= 4 is 32.6 Å². The Kier molecular flexibility index (Phi) is 4.13. The molecule has 4 N–H and O–H groups in total. The summed E-state index contributed by atoms with van der Waals surface area (Å²) in [6, 6.07) is 2.15. The molecule has 2 aliphatic heterocycles. The molecule has 26 heavy (non-hydrogen) atoms. The molecule has 1 atom stereocenters. The van der Waals surface area contributed by atoms with E-state index in [-0.39, 0.29) is 6.04 Å². The maximum Gasteiger partial charge on any atom is 0.211 e. The molecule has 1 saturated heterocycles. The third kappa shape index (κ3) is 2.93. The van der Waals surface area contributed by atoms with Crippen molar-refractivity contribution in [2.24, 2.45) is 5.73 Å². The van der Waals surface area contributed by atoms with E-state index in [0.29, 0.717) is 18.9 Å². The van der Waals surface area contributed by atoms with E-state index in [4.69, 9.17) is 11.5 Å². The smallest absolute Gasteiger partial charge is 0.211 e. The molecule has 0 spiro atoms. The lowest BCUT2D eigenvalue weighted by atomic mass is 10.1. The van der Waals surface area contributed by atoms with Gasteiger partial charge in [0.25, 0.3) is 0 Å². The van der Waals surface area contributed by atoms with Gasteiger partial charge in [-0.15, -0.1) is 0 Å². The highest BCUT2D eigenvalue weighted by molar-refractivity contribution is 7.88. The van der Waals surface area contributed by atoms with E-state index in [0.717, 1.165) is 48.4 Å². The van der Waals surface area contributed by atoms with Crippen LogP contribution in [0.5, 0.6) is 0 Å². The summed E-state index contributed by atoms with van der Waals surface area (Å²) in [6.07, 6.45) is 6.59. The average Bonchev–Trinajstić information content (AvgIpc) is 3.19. The number of aromatic nitrogens is 3. The molecule has 0 unspecified atom stereocenters. The van der Waals surface area contributed by atoms with Gasteiger partial charge in [0.15, 0.2) is 5.82 Å². The number of hydrogen-bond donors (Lipinski definition) is 2. The summed E-state index contributed by atoms with van der Waals surface area (Å²) in [4.78, 5) is 6.36. The minimum Gasteiger partial charge on any atom is -0.382 e. The second-order valence-electron chi connectivity index (χ2n) is 6.95. The molecule has 0 aromatic carbocycles. The number of rotatable bonds is 3. The van der Waals surface area contributed by atoms with Gasteiger partial charge in [0.2, 0.25) is 10.0 Å². The first kappa shape index (κ1) is 17.3. The van der Waals surface area contributed by atoms with Gasteiger partial charge in [0.1, 0.15) is 11.8 Å².